The van der Waals surface area contributed by atoms with Crippen LogP contribution in [0.15, 0.2) is 95.2 Å². The molecule has 2 nitrogen and oxygen atoms in total. The van der Waals surface area contributed by atoms with E-state index in [1.54, 1.807) is 0 Å². The molecule has 0 aromatic rings. The smallest absolute Gasteiger partial charge is 0.0970 e. The van der Waals surface area contributed by atoms with Gasteiger partial charge >= 0.3 is 0 Å². The molecule has 1 fully saturated rings. The molecule has 1 saturated carbocycles. The molecule has 0 aromatic carbocycles. The Kier molecular flexibility index (Phi) is 5.13. The molecular weight excluding hydrogens is 364 g/mol. The van der Waals surface area contributed by atoms with E-state index in [2.05, 4.69) is 84.2 Å². The summed E-state index contributed by atoms with van der Waals surface area (Å²) in [6, 6.07) is 0.559. The van der Waals surface area contributed by atoms with Crippen LogP contribution in [0.3, 0.4) is 0 Å². The van der Waals surface area contributed by atoms with E-state index in [0.717, 1.165) is 17.8 Å². The van der Waals surface area contributed by atoms with Crippen LogP contribution in [0.25, 0.3) is 0 Å². The van der Waals surface area contributed by atoms with Gasteiger partial charge in [0.05, 0.1) is 22.8 Å². The maximum absolute atomic E-state index is 4.20. The zero-order chi connectivity index (χ0) is 20.5. The number of fused-ring (bicyclic) bond motifs is 4. The van der Waals surface area contributed by atoms with Crippen molar-refractivity contribution in [2.75, 3.05) is 0 Å². The molecule has 0 radical (unpaired) electrons. The zero-order valence-corrected chi connectivity index (χ0v) is 17.8. The van der Waals surface area contributed by atoms with Gasteiger partial charge in [0.25, 0.3) is 0 Å². The minimum Gasteiger partial charge on any atom is -0.380 e. The second kappa shape index (κ2) is 8.07. The van der Waals surface area contributed by atoms with Gasteiger partial charge in [-0.1, -0.05) is 68.2 Å². The fourth-order valence-corrected chi connectivity index (χ4v) is 5.51. The van der Waals surface area contributed by atoms with Gasteiger partial charge < -0.3 is 10.2 Å². The Morgan fingerprint density at radius 2 is 2.13 bits per heavy atom. The Bertz CT molecular complexity index is 1030. The Morgan fingerprint density at radius 1 is 1.23 bits per heavy atom. The summed E-state index contributed by atoms with van der Waals surface area (Å²) >= 11 is 0. The molecule has 3 unspecified atom stereocenters. The summed E-state index contributed by atoms with van der Waals surface area (Å²) in [7, 11) is 0. The third kappa shape index (κ3) is 3.14. The van der Waals surface area contributed by atoms with Crippen molar-refractivity contribution in [3.05, 3.63) is 95.2 Å². The monoisotopic (exact) mass is 394 g/mol. The van der Waals surface area contributed by atoms with E-state index < -0.39 is 0 Å². The van der Waals surface area contributed by atoms with Gasteiger partial charge in [-0.05, 0) is 55.1 Å². The highest BCUT2D eigenvalue weighted by molar-refractivity contribution is 5.59. The maximum atomic E-state index is 4.20. The van der Waals surface area contributed by atoms with E-state index in [0.29, 0.717) is 12.0 Å². The van der Waals surface area contributed by atoms with Gasteiger partial charge in [0.2, 0.25) is 0 Å². The Labute approximate surface area is 180 Å². The van der Waals surface area contributed by atoms with Crippen LogP contribution in [0.1, 0.15) is 45.4 Å². The number of hydrogen-bond donors (Lipinski definition) is 1. The van der Waals surface area contributed by atoms with Gasteiger partial charge in [-0.2, -0.15) is 0 Å². The lowest BCUT2D eigenvalue weighted by molar-refractivity contribution is 0.440. The summed E-state index contributed by atoms with van der Waals surface area (Å²) in [6.07, 6.45) is 27.3. The predicted octanol–water partition coefficient (Wildman–Crippen LogP) is 6.04. The Hall–Kier alpha value is -2.92. The van der Waals surface area contributed by atoms with Crippen molar-refractivity contribution in [3.8, 4) is 11.8 Å². The largest absolute Gasteiger partial charge is 0.380 e. The molecular formula is C28H30N2. The van der Waals surface area contributed by atoms with Crippen LogP contribution < -0.4 is 5.32 Å². The first kappa shape index (κ1) is 19.1. The lowest BCUT2D eigenvalue weighted by Gasteiger charge is -2.36. The van der Waals surface area contributed by atoms with Crippen molar-refractivity contribution in [1.29, 1.82) is 0 Å². The summed E-state index contributed by atoms with van der Waals surface area (Å²) in [6.45, 7) is 6.28. The van der Waals surface area contributed by atoms with Gasteiger partial charge in [0.1, 0.15) is 0 Å². The minimum absolute atomic E-state index is 0.256. The molecule has 3 aliphatic carbocycles. The second-order valence-corrected chi connectivity index (χ2v) is 8.63. The van der Waals surface area contributed by atoms with Crippen molar-refractivity contribution < 1.29 is 0 Å². The van der Waals surface area contributed by atoms with Gasteiger partial charge in [0.15, 0.2) is 0 Å². The van der Waals surface area contributed by atoms with Crippen LogP contribution >= 0.6 is 0 Å². The SMILES string of the molecule is C=CC1=C(/C=C\C)C2C=CC3=C(NC4CCCCCC34)C(=C2)N1C1=CC=CCC#C1. The van der Waals surface area contributed by atoms with Crippen LogP contribution in [0.5, 0.6) is 0 Å². The van der Waals surface area contributed by atoms with E-state index in [1.165, 1.54) is 54.6 Å². The molecule has 2 heterocycles. The Balaban J connectivity index is 1.67. The molecule has 5 rings (SSSR count). The van der Waals surface area contributed by atoms with E-state index >= 15 is 0 Å². The van der Waals surface area contributed by atoms with Crippen molar-refractivity contribution in [2.24, 2.45) is 11.8 Å². The molecule has 2 bridgehead atoms. The van der Waals surface area contributed by atoms with Crippen LogP contribution in [-0.2, 0) is 0 Å². The number of allylic oxidation sites excluding steroid dienone is 11. The van der Waals surface area contributed by atoms with Gasteiger partial charge in [-0.25, -0.2) is 0 Å². The molecule has 3 atom stereocenters. The lowest BCUT2D eigenvalue weighted by atomic mass is 9.89. The summed E-state index contributed by atoms with van der Waals surface area (Å²) in [5.41, 5.74) is 7.48. The molecule has 0 amide bonds. The molecule has 5 aliphatic rings. The first-order valence-electron chi connectivity index (χ1n) is 11.4. The fourth-order valence-electron chi connectivity index (χ4n) is 5.51. The topological polar surface area (TPSA) is 15.3 Å². The average Bonchev–Trinajstić information content (AvgIpc) is 3.03. The van der Waals surface area contributed by atoms with Crippen molar-refractivity contribution >= 4 is 0 Å². The second-order valence-electron chi connectivity index (χ2n) is 8.63. The summed E-state index contributed by atoms with van der Waals surface area (Å²) in [5.74, 6) is 7.58. The third-order valence-corrected chi connectivity index (χ3v) is 6.85. The van der Waals surface area contributed by atoms with Gasteiger partial charge in [-0.15, -0.1) is 0 Å². The highest BCUT2D eigenvalue weighted by Crippen LogP contribution is 2.46. The van der Waals surface area contributed by atoms with Crippen molar-refractivity contribution in [1.82, 2.24) is 10.2 Å². The Morgan fingerprint density at radius 3 is 3.00 bits per heavy atom. The van der Waals surface area contributed by atoms with Gasteiger partial charge in [-0.3, -0.25) is 0 Å². The highest BCUT2D eigenvalue weighted by Gasteiger charge is 2.40. The van der Waals surface area contributed by atoms with Crippen molar-refractivity contribution in [3.63, 3.8) is 0 Å². The lowest BCUT2D eigenvalue weighted by Crippen LogP contribution is -2.33. The normalized spacial score (nSPS) is 29.8. The van der Waals surface area contributed by atoms with Crippen LogP contribution in [0, 0.1) is 23.7 Å². The first-order valence-corrected chi connectivity index (χ1v) is 11.4. The van der Waals surface area contributed by atoms with Gasteiger partial charge in [0, 0.05) is 24.3 Å². The third-order valence-electron chi connectivity index (χ3n) is 6.85. The maximum Gasteiger partial charge on any atom is 0.0970 e. The van der Waals surface area contributed by atoms with Crippen LogP contribution in [-0.4, -0.2) is 10.9 Å². The number of rotatable bonds is 3. The predicted molar refractivity (Wildman–Crippen MR) is 125 cm³/mol. The van der Waals surface area contributed by atoms with Crippen molar-refractivity contribution in [2.45, 2.75) is 51.5 Å². The molecule has 1 N–H and O–H groups in total. The summed E-state index contributed by atoms with van der Waals surface area (Å²) in [5, 5.41) is 3.96. The summed E-state index contributed by atoms with van der Waals surface area (Å²) in [4.78, 5) is 2.34. The van der Waals surface area contributed by atoms with E-state index in [1.807, 2.05) is 6.08 Å². The summed E-state index contributed by atoms with van der Waals surface area (Å²) < 4.78 is 0. The first-order chi connectivity index (χ1) is 14.8. The van der Waals surface area contributed by atoms with E-state index in [9.17, 15) is 0 Å². The fraction of sp³-hybridized carbons (Fsp3) is 0.357. The highest BCUT2D eigenvalue weighted by atomic mass is 15.2. The zero-order valence-electron chi connectivity index (χ0n) is 17.8. The number of hydrogen-bond acceptors (Lipinski definition) is 2. The average molecular weight is 395 g/mol. The molecule has 0 saturated heterocycles. The van der Waals surface area contributed by atoms with Crippen LogP contribution in [0.4, 0.5) is 0 Å². The number of nitrogens with one attached hydrogen (secondary N) is 1. The molecule has 2 aliphatic heterocycles. The molecule has 2 heteroatoms. The minimum atomic E-state index is 0.256. The quantitative estimate of drug-likeness (QED) is 0.587. The van der Waals surface area contributed by atoms with E-state index in [4.69, 9.17) is 0 Å². The van der Waals surface area contributed by atoms with Crippen LogP contribution in [0.2, 0.25) is 0 Å². The molecule has 30 heavy (non-hydrogen) atoms. The molecule has 152 valence electrons. The standard InChI is InChI=1S/C28H30N2/c1-3-12-22-20-17-18-24-23-15-10-7-11-16-25(23)29-28(24)27(19-20)30(26(22)4-2)21-13-8-5-6-9-14-21/h3-5,8,12-13,17-20,23,25,29H,2,6-7,10-11,15-16H2,1H3/b12-3-. The molecule has 0 aromatic heterocycles. The molecule has 0 spiro atoms. The number of nitrogens with zero attached hydrogens (tertiary/aromatic N) is 1. The van der Waals surface area contributed by atoms with E-state index in [-0.39, 0.29) is 5.92 Å².